The van der Waals surface area contributed by atoms with Crippen molar-refractivity contribution < 1.29 is 23.4 Å². The van der Waals surface area contributed by atoms with Crippen molar-refractivity contribution in [3.05, 3.63) is 59.7 Å². The Morgan fingerprint density at radius 1 is 1.12 bits per heavy atom. The van der Waals surface area contributed by atoms with Crippen molar-refractivity contribution >= 4 is 38.9 Å². The molecule has 0 saturated heterocycles. The SMILES string of the molecule is Cc1ccc(S(=O)(=O)Nc2cccc(C(C(=O)O)C(O)=S)c2)cc1. The molecule has 6 nitrogen and oxygen atoms in total. The Kier molecular flexibility index (Phi) is 5.20. The molecule has 0 heterocycles. The van der Waals surface area contributed by atoms with Crippen LogP contribution in [-0.2, 0) is 14.8 Å². The summed E-state index contributed by atoms with van der Waals surface area (Å²) in [7, 11) is -3.81. The van der Waals surface area contributed by atoms with Crippen LogP contribution in [-0.4, -0.2) is 29.7 Å². The molecule has 0 amide bonds. The summed E-state index contributed by atoms with van der Waals surface area (Å²) in [6, 6.07) is 12.0. The number of carbonyl (C=O) groups is 1. The second-order valence-corrected chi connectivity index (χ2v) is 7.25. The summed E-state index contributed by atoms with van der Waals surface area (Å²) < 4.78 is 27.1. The Morgan fingerprint density at radius 2 is 1.75 bits per heavy atom. The lowest BCUT2D eigenvalue weighted by Gasteiger charge is -2.13. The van der Waals surface area contributed by atoms with Gasteiger partial charge in [0.1, 0.15) is 5.92 Å². The van der Waals surface area contributed by atoms with Crippen LogP contribution in [0.2, 0.25) is 0 Å². The van der Waals surface area contributed by atoms with Gasteiger partial charge in [-0.15, -0.1) is 0 Å². The monoisotopic (exact) mass is 365 g/mol. The number of carboxylic acids is 1. The molecule has 2 aromatic carbocycles. The lowest BCUT2D eigenvalue weighted by atomic mass is 10.00. The van der Waals surface area contributed by atoms with Gasteiger partial charge in [0.2, 0.25) is 0 Å². The average molecular weight is 365 g/mol. The molecular weight excluding hydrogens is 350 g/mol. The molecule has 0 aromatic heterocycles. The van der Waals surface area contributed by atoms with Crippen LogP contribution in [0.3, 0.4) is 0 Å². The van der Waals surface area contributed by atoms with Crippen molar-refractivity contribution in [2.24, 2.45) is 0 Å². The second kappa shape index (κ2) is 6.98. The van der Waals surface area contributed by atoms with Gasteiger partial charge >= 0.3 is 5.97 Å². The molecule has 126 valence electrons. The zero-order valence-corrected chi connectivity index (χ0v) is 14.3. The number of aryl methyl sites for hydroxylation is 1. The first-order chi connectivity index (χ1) is 11.2. The maximum Gasteiger partial charge on any atom is 0.319 e. The van der Waals surface area contributed by atoms with Crippen molar-refractivity contribution in [1.29, 1.82) is 0 Å². The summed E-state index contributed by atoms with van der Waals surface area (Å²) in [6.45, 7) is 1.84. The number of aliphatic carboxylic acids is 1. The number of thiocarbonyl (C=S) groups is 1. The van der Waals surface area contributed by atoms with Gasteiger partial charge in [0.25, 0.3) is 10.0 Å². The Labute approximate surface area is 144 Å². The van der Waals surface area contributed by atoms with Gasteiger partial charge in [-0.25, -0.2) is 8.42 Å². The quantitative estimate of drug-likeness (QED) is 0.680. The third kappa shape index (κ3) is 4.09. The minimum atomic E-state index is -3.81. The molecule has 8 heteroatoms. The molecule has 0 spiro atoms. The van der Waals surface area contributed by atoms with Crippen LogP contribution in [0.5, 0.6) is 0 Å². The minimum Gasteiger partial charge on any atom is -0.501 e. The van der Waals surface area contributed by atoms with Gasteiger partial charge in [-0.3, -0.25) is 9.52 Å². The van der Waals surface area contributed by atoms with E-state index in [0.29, 0.717) is 0 Å². The minimum absolute atomic E-state index is 0.0889. The summed E-state index contributed by atoms with van der Waals surface area (Å²) in [4.78, 5) is 11.3. The molecule has 0 aliphatic rings. The van der Waals surface area contributed by atoms with Crippen LogP contribution in [0, 0.1) is 6.92 Å². The van der Waals surface area contributed by atoms with Gasteiger partial charge in [0, 0.05) is 5.69 Å². The number of rotatable bonds is 6. The lowest BCUT2D eigenvalue weighted by Crippen LogP contribution is -2.20. The van der Waals surface area contributed by atoms with Gasteiger partial charge in [-0.1, -0.05) is 29.8 Å². The van der Waals surface area contributed by atoms with Crippen molar-refractivity contribution in [1.82, 2.24) is 0 Å². The highest BCUT2D eigenvalue weighted by Crippen LogP contribution is 2.23. The first-order valence-corrected chi connectivity index (χ1v) is 8.75. The van der Waals surface area contributed by atoms with Gasteiger partial charge in [0.05, 0.1) is 4.90 Å². The molecule has 0 radical (unpaired) electrons. The fourth-order valence-corrected chi connectivity index (χ4v) is 3.39. The predicted molar refractivity (Wildman–Crippen MR) is 94.0 cm³/mol. The topological polar surface area (TPSA) is 104 Å². The van der Waals surface area contributed by atoms with Crippen molar-refractivity contribution in [2.45, 2.75) is 17.7 Å². The molecule has 0 fully saturated rings. The number of aliphatic hydroxyl groups excluding tert-OH is 1. The third-order valence-electron chi connectivity index (χ3n) is 3.30. The molecular formula is C16H15NO5S2. The maximum absolute atomic E-state index is 12.4. The van der Waals surface area contributed by atoms with E-state index in [2.05, 4.69) is 16.9 Å². The first-order valence-electron chi connectivity index (χ1n) is 6.86. The van der Waals surface area contributed by atoms with Crippen LogP contribution in [0.25, 0.3) is 0 Å². The highest BCUT2D eigenvalue weighted by Gasteiger charge is 2.25. The van der Waals surface area contributed by atoms with Crippen molar-refractivity contribution in [2.75, 3.05) is 4.72 Å². The predicted octanol–water partition coefficient (Wildman–Crippen LogP) is 2.85. The van der Waals surface area contributed by atoms with E-state index in [1.165, 1.54) is 36.4 Å². The number of aliphatic hydroxyl groups is 1. The zero-order valence-electron chi connectivity index (χ0n) is 12.6. The van der Waals surface area contributed by atoms with Gasteiger partial charge in [-0.2, -0.15) is 0 Å². The van der Waals surface area contributed by atoms with Crippen LogP contribution in [0.15, 0.2) is 53.4 Å². The van der Waals surface area contributed by atoms with E-state index in [1.54, 1.807) is 12.1 Å². The van der Waals surface area contributed by atoms with E-state index >= 15 is 0 Å². The Hall–Kier alpha value is -2.45. The number of carboxylic acid groups (broad SMARTS) is 1. The maximum atomic E-state index is 12.4. The van der Waals surface area contributed by atoms with Crippen LogP contribution >= 0.6 is 12.2 Å². The Morgan fingerprint density at radius 3 is 2.29 bits per heavy atom. The van der Waals surface area contributed by atoms with E-state index in [4.69, 9.17) is 5.11 Å². The number of nitrogens with one attached hydrogen (secondary N) is 1. The van der Waals surface area contributed by atoms with Crippen LogP contribution in [0.4, 0.5) is 5.69 Å². The number of hydrogen-bond donors (Lipinski definition) is 3. The fraction of sp³-hybridized carbons (Fsp3) is 0.125. The number of sulfonamides is 1. The Bertz CT molecular complexity index is 862. The van der Waals surface area contributed by atoms with Gasteiger partial charge in [0.15, 0.2) is 5.05 Å². The first kappa shape index (κ1) is 17.9. The highest BCUT2D eigenvalue weighted by molar-refractivity contribution is 7.92. The molecule has 0 bridgehead atoms. The van der Waals surface area contributed by atoms with E-state index in [1.807, 2.05) is 6.92 Å². The smallest absolute Gasteiger partial charge is 0.319 e. The normalized spacial score (nSPS) is 12.4. The van der Waals surface area contributed by atoms with Crippen LogP contribution in [0.1, 0.15) is 17.0 Å². The van der Waals surface area contributed by atoms with Crippen LogP contribution < -0.4 is 4.72 Å². The summed E-state index contributed by atoms with van der Waals surface area (Å²) in [5, 5.41) is 17.8. The number of anilines is 1. The largest absolute Gasteiger partial charge is 0.501 e. The summed E-state index contributed by atoms with van der Waals surface area (Å²) in [5.41, 5.74) is 1.28. The van der Waals surface area contributed by atoms with E-state index in [0.717, 1.165) is 5.56 Å². The summed E-state index contributed by atoms with van der Waals surface area (Å²) in [5.74, 6) is -2.72. The second-order valence-electron chi connectivity index (χ2n) is 5.15. The van der Waals surface area contributed by atoms with E-state index in [9.17, 15) is 18.3 Å². The summed E-state index contributed by atoms with van der Waals surface area (Å²) in [6.07, 6.45) is 0. The van der Waals surface area contributed by atoms with Gasteiger partial charge < -0.3 is 10.2 Å². The van der Waals surface area contributed by atoms with Crippen molar-refractivity contribution in [3.63, 3.8) is 0 Å². The lowest BCUT2D eigenvalue weighted by molar-refractivity contribution is -0.137. The number of benzene rings is 2. The third-order valence-corrected chi connectivity index (χ3v) is 4.93. The summed E-state index contributed by atoms with van der Waals surface area (Å²) >= 11 is 4.55. The molecule has 0 saturated carbocycles. The zero-order chi connectivity index (χ0) is 17.9. The molecule has 3 N–H and O–H groups in total. The molecule has 2 aromatic rings. The molecule has 1 atom stereocenters. The van der Waals surface area contributed by atoms with E-state index in [-0.39, 0.29) is 16.1 Å². The number of hydrogen-bond acceptors (Lipinski definition) is 4. The van der Waals surface area contributed by atoms with Crippen molar-refractivity contribution in [3.8, 4) is 0 Å². The van der Waals surface area contributed by atoms with E-state index < -0.39 is 27.0 Å². The molecule has 0 aliphatic heterocycles. The fourth-order valence-electron chi connectivity index (χ4n) is 2.10. The Balaban J connectivity index is 2.34. The molecule has 24 heavy (non-hydrogen) atoms. The highest BCUT2D eigenvalue weighted by atomic mass is 32.2. The van der Waals surface area contributed by atoms with Gasteiger partial charge in [-0.05, 0) is 49.0 Å². The average Bonchev–Trinajstić information content (AvgIpc) is 2.46. The molecule has 2 rings (SSSR count). The molecule has 1 unspecified atom stereocenters. The molecule has 0 aliphatic carbocycles. The standard InChI is InChI=1S/C16H15NO5S2/c1-10-5-7-13(8-6-10)24(21,22)17-12-4-2-3-11(9-12)14(15(18)19)16(20)23/h2-9,14,17H,1H3,(H,18,19)(H,20,23).